The zero-order chi connectivity index (χ0) is 21.1. The number of ether oxygens (including phenoxy) is 2. The van der Waals surface area contributed by atoms with Gasteiger partial charge < -0.3 is 15.2 Å². The van der Waals surface area contributed by atoms with E-state index in [-0.39, 0.29) is 11.3 Å². The lowest BCUT2D eigenvalue weighted by Gasteiger charge is -2.14. The third-order valence-electron chi connectivity index (χ3n) is 4.19. The van der Waals surface area contributed by atoms with Crippen molar-refractivity contribution < 1.29 is 14.4 Å². The Hall–Kier alpha value is -3.59. The predicted octanol–water partition coefficient (Wildman–Crippen LogP) is 4.10. The number of hydrogen-bond acceptors (Lipinski definition) is 7. The van der Waals surface area contributed by atoms with Crippen molar-refractivity contribution in [1.29, 1.82) is 0 Å². The van der Waals surface area contributed by atoms with Crippen molar-refractivity contribution >= 4 is 35.3 Å². The molecule has 30 heavy (non-hydrogen) atoms. The summed E-state index contributed by atoms with van der Waals surface area (Å²) in [5.74, 6) is 12.8. The van der Waals surface area contributed by atoms with Gasteiger partial charge in [0.05, 0.1) is 10.5 Å². The number of rotatable bonds is 1. The summed E-state index contributed by atoms with van der Waals surface area (Å²) >= 11 is 5.59. The smallest absolute Gasteiger partial charge is 0.286 e. The molecule has 0 unspecified atom stereocenters. The summed E-state index contributed by atoms with van der Waals surface area (Å²) in [6, 6.07) is 10.1. The molecule has 4 rings (SSSR count). The average molecular weight is 434 g/mol. The van der Waals surface area contributed by atoms with Crippen molar-refractivity contribution in [2.24, 2.45) is 0 Å². The number of fused-ring (bicyclic) bond motifs is 1. The van der Waals surface area contributed by atoms with Crippen molar-refractivity contribution in [3.63, 3.8) is 0 Å². The van der Waals surface area contributed by atoms with E-state index in [9.17, 15) is 10.1 Å². The van der Waals surface area contributed by atoms with Crippen LogP contribution in [0.5, 0.6) is 11.5 Å². The molecule has 1 aromatic heterocycles. The quantitative estimate of drug-likeness (QED) is 0.198. The number of nitro groups is 1. The van der Waals surface area contributed by atoms with E-state index in [0.29, 0.717) is 40.8 Å². The number of anilines is 1. The van der Waals surface area contributed by atoms with Crippen LogP contribution < -0.4 is 15.2 Å². The number of thiol groups is 1. The van der Waals surface area contributed by atoms with Crippen LogP contribution in [0.15, 0.2) is 46.7 Å². The first-order valence-corrected chi connectivity index (χ1v) is 10.1. The van der Waals surface area contributed by atoms with Crippen LogP contribution >= 0.6 is 24.0 Å². The lowest BCUT2D eigenvalue weighted by Crippen LogP contribution is -2.14. The fourth-order valence-electron chi connectivity index (χ4n) is 2.72. The second-order valence-electron chi connectivity index (χ2n) is 6.22. The minimum atomic E-state index is -0.492. The molecule has 0 amide bonds. The van der Waals surface area contributed by atoms with E-state index in [0.717, 1.165) is 10.5 Å². The van der Waals surface area contributed by atoms with E-state index < -0.39 is 4.92 Å². The van der Waals surface area contributed by atoms with Crippen LogP contribution in [0.3, 0.4) is 0 Å². The number of benzene rings is 2. The average Bonchev–Trinajstić information content (AvgIpc) is 3.15. The summed E-state index contributed by atoms with van der Waals surface area (Å²) < 4.78 is 11.1. The third kappa shape index (κ3) is 4.20. The van der Waals surface area contributed by atoms with E-state index in [1.54, 1.807) is 5.38 Å². The van der Waals surface area contributed by atoms with Gasteiger partial charge in [-0.15, -0.1) is 24.0 Å². The highest BCUT2D eigenvalue weighted by molar-refractivity contribution is 7.80. The van der Waals surface area contributed by atoms with E-state index in [1.807, 2.05) is 24.3 Å². The molecule has 0 aliphatic carbocycles. The molecule has 148 valence electrons. The maximum Gasteiger partial charge on any atom is 0.286 e. The summed E-state index contributed by atoms with van der Waals surface area (Å²) in [6.07, 6.45) is 0. The van der Waals surface area contributed by atoms with Crippen LogP contribution in [-0.2, 0) is 0 Å². The zero-order valence-electron chi connectivity index (χ0n) is 15.5. The minimum Gasteiger partial charge on any atom is -0.485 e. The normalized spacial score (nSPS) is 11.6. The van der Waals surface area contributed by atoms with Gasteiger partial charge in [0.25, 0.3) is 5.69 Å². The highest BCUT2D eigenvalue weighted by atomic mass is 32.1. The molecule has 0 fully saturated rings. The molecule has 6 nitrogen and oxygen atoms in total. The van der Waals surface area contributed by atoms with Crippen molar-refractivity contribution in [2.45, 2.75) is 4.90 Å². The van der Waals surface area contributed by atoms with Crippen molar-refractivity contribution in [3.05, 3.63) is 73.5 Å². The van der Waals surface area contributed by atoms with Crippen molar-refractivity contribution in [3.8, 4) is 35.2 Å². The van der Waals surface area contributed by atoms with E-state index in [4.69, 9.17) is 15.2 Å². The van der Waals surface area contributed by atoms with Gasteiger partial charge in [0, 0.05) is 27.6 Å². The van der Waals surface area contributed by atoms with Crippen LogP contribution in [0.1, 0.15) is 21.6 Å². The highest BCUT2D eigenvalue weighted by Gasteiger charge is 2.18. The molecular weight excluding hydrogens is 420 g/mol. The van der Waals surface area contributed by atoms with Gasteiger partial charge in [0.2, 0.25) is 0 Å². The fraction of sp³-hybridized carbons (Fsp3) is 0.0909. The van der Waals surface area contributed by atoms with Gasteiger partial charge in [-0.1, -0.05) is 17.8 Å². The molecule has 1 aliphatic rings. The predicted molar refractivity (Wildman–Crippen MR) is 118 cm³/mol. The Morgan fingerprint density at radius 3 is 2.53 bits per heavy atom. The minimum absolute atomic E-state index is 0.158. The maximum atomic E-state index is 11.6. The van der Waals surface area contributed by atoms with Crippen LogP contribution in [0.2, 0.25) is 0 Å². The van der Waals surface area contributed by atoms with Crippen LogP contribution in [0, 0.1) is 33.8 Å². The molecule has 0 saturated heterocycles. The Balaban J connectivity index is 1.69. The molecule has 0 spiro atoms. The standard InChI is InChI=1S/C22H14N2O4S2/c23-18-11-16(5-8-21-22-20(13-30-21)27-9-10-28-22)19(24(25)26)12-15(18)4-1-14-2-6-17(29)7-3-14/h2-3,6-7,11-13,29H,9-10,23H2. The molecule has 0 bridgehead atoms. The largest absolute Gasteiger partial charge is 0.485 e. The number of nitro benzene ring substituents is 1. The monoisotopic (exact) mass is 434 g/mol. The summed E-state index contributed by atoms with van der Waals surface area (Å²) in [5, 5.41) is 13.4. The fourth-order valence-corrected chi connectivity index (χ4v) is 3.65. The summed E-state index contributed by atoms with van der Waals surface area (Å²) in [6.45, 7) is 0.926. The van der Waals surface area contributed by atoms with Crippen LogP contribution in [0.4, 0.5) is 11.4 Å². The molecule has 2 aromatic carbocycles. The Morgan fingerprint density at radius 2 is 1.77 bits per heavy atom. The zero-order valence-corrected chi connectivity index (χ0v) is 17.2. The Kier molecular flexibility index (Phi) is 5.53. The first kappa shape index (κ1) is 19.7. The SMILES string of the molecule is Nc1cc(C#Cc2scc3c2OCCO3)c([N+](=O)[O-])cc1C#Cc1ccc(S)cc1. The van der Waals surface area contributed by atoms with Gasteiger partial charge in [0.1, 0.15) is 23.7 Å². The molecule has 0 atom stereocenters. The molecule has 8 heteroatoms. The molecular formula is C22H14N2O4S2. The van der Waals surface area contributed by atoms with Crippen molar-refractivity contribution in [1.82, 2.24) is 0 Å². The molecule has 2 heterocycles. The lowest BCUT2D eigenvalue weighted by molar-refractivity contribution is -0.385. The molecule has 2 N–H and O–H groups in total. The van der Waals surface area contributed by atoms with Gasteiger partial charge in [-0.25, -0.2) is 0 Å². The second-order valence-corrected chi connectivity index (χ2v) is 7.61. The van der Waals surface area contributed by atoms with E-state index in [1.165, 1.54) is 23.5 Å². The third-order valence-corrected chi connectivity index (χ3v) is 5.34. The van der Waals surface area contributed by atoms with E-state index >= 15 is 0 Å². The molecule has 0 saturated carbocycles. The summed E-state index contributed by atoms with van der Waals surface area (Å²) in [5.41, 5.74) is 7.58. The van der Waals surface area contributed by atoms with Gasteiger partial charge in [-0.3, -0.25) is 10.1 Å². The molecule has 1 aliphatic heterocycles. The number of nitrogen functional groups attached to an aromatic ring is 1. The molecule has 3 aromatic rings. The van der Waals surface area contributed by atoms with Crippen LogP contribution in [-0.4, -0.2) is 18.1 Å². The van der Waals surface area contributed by atoms with Crippen molar-refractivity contribution in [2.75, 3.05) is 18.9 Å². The molecule has 0 radical (unpaired) electrons. The second kappa shape index (κ2) is 8.42. The maximum absolute atomic E-state index is 11.6. The summed E-state index contributed by atoms with van der Waals surface area (Å²) in [4.78, 5) is 12.6. The lowest BCUT2D eigenvalue weighted by atomic mass is 10.1. The Labute approximate surface area is 182 Å². The Morgan fingerprint density at radius 1 is 1.03 bits per heavy atom. The number of nitrogens with zero attached hydrogens (tertiary/aromatic N) is 1. The van der Waals surface area contributed by atoms with Crippen LogP contribution in [0.25, 0.3) is 0 Å². The Bertz CT molecular complexity index is 1260. The van der Waals surface area contributed by atoms with Gasteiger partial charge in [-0.05, 0) is 36.3 Å². The summed E-state index contributed by atoms with van der Waals surface area (Å²) in [7, 11) is 0. The number of hydrogen-bond donors (Lipinski definition) is 2. The first-order chi connectivity index (χ1) is 14.5. The number of thiophene rings is 1. The van der Waals surface area contributed by atoms with Gasteiger partial charge >= 0.3 is 0 Å². The first-order valence-electron chi connectivity index (χ1n) is 8.79. The number of nitrogens with two attached hydrogens (primary N) is 1. The van der Waals surface area contributed by atoms with E-state index in [2.05, 4.69) is 36.3 Å². The topological polar surface area (TPSA) is 87.6 Å². The van der Waals surface area contributed by atoms with Gasteiger partial charge in [-0.2, -0.15) is 0 Å². The van der Waals surface area contributed by atoms with Gasteiger partial charge in [0.15, 0.2) is 11.5 Å². The highest BCUT2D eigenvalue weighted by Crippen LogP contribution is 2.38.